The second kappa shape index (κ2) is 5.80. The molecule has 0 spiro atoms. The molecule has 0 bridgehead atoms. The summed E-state index contributed by atoms with van der Waals surface area (Å²) in [4.78, 5) is 22.9. The van der Waals surface area contributed by atoms with Gasteiger partial charge in [0, 0.05) is 0 Å². The van der Waals surface area contributed by atoms with Gasteiger partial charge in [-0.05, 0) is 19.4 Å². The molecule has 1 atom stereocenters. The van der Waals surface area contributed by atoms with E-state index >= 15 is 0 Å². The van der Waals surface area contributed by atoms with E-state index in [2.05, 4.69) is 4.74 Å². The standard InChI is InChI=1S/C13H13NO3/c1-3-17-13(16)12(15)11(8-14)10-6-4-9(2)5-7-10/h4-7,11H,3H2,1-2H3. The quantitative estimate of drug-likeness (QED) is 0.584. The zero-order chi connectivity index (χ0) is 12.8. The molecule has 1 aromatic rings. The molecule has 88 valence electrons. The number of ether oxygens (including phenoxy) is 1. The van der Waals surface area contributed by atoms with Crippen LogP contribution in [0.4, 0.5) is 0 Å². The van der Waals surface area contributed by atoms with Gasteiger partial charge in [0.15, 0.2) is 0 Å². The van der Waals surface area contributed by atoms with Gasteiger partial charge in [-0.2, -0.15) is 5.26 Å². The van der Waals surface area contributed by atoms with E-state index in [4.69, 9.17) is 5.26 Å². The maximum Gasteiger partial charge on any atom is 0.376 e. The number of nitriles is 1. The molecule has 1 aromatic carbocycles. The van der Waals surface area contributed by atoms with Gasteiger partial charge in [-0.15, -0.1) is 0 Å². The van der Waals surface area contributed by atoms with Crippen LogP contribution in [0.25, 0.3) is 0 Å². The molecule has 0 aliphatic rings. The Morgan fingerprint density at radius 2 is 1.94 bits per heavy atom. The first kappa shape index (κ1) is 12.9. The minimum atomic E-state index is -1.09. The summed E-state index contributed by atoms with van der Waals surface area (Å²) in [5, 5.41) is 8.96. The highest BCUT2D eigenvalue weighted by Crippen LogP contribution is 2.17. The minimum absolute atomic E-state index is 0.122. The average Bonchev–Trinajstić information content (AvgIpc) is 2.32. The Morgan fingerprint density at radius 3 is 2.41 bits per heavy atom. The van der Waals surface area contributed by atoms with Gasteiger partial charge < -0.3 is 4.74 Å². The maximum atomic E-state index is 11.7. The fourth-order valence-corrected chi connectivity index (χ4v) is 1.36. The molecule has 0 aliphatic heterocycles. The summed E-state index contributed by atoms with van der Waals surface area (Å²) in [5.74, 6) is -2.87. The van der Waals surface area contributed by atoms with Crippen LogP contribution in [0.15, 0.2) is 24.3 Å². The summed E-state index contributed by atoms with van der Waals surface area (Å²) < 4.78 is 4.59. The van der Waals surface area contributed by atoms with Crippen LogP contribution in [-0.2, 0) is 14.3 Å². The van der Waals surface area contributed by atoms with E-state index < -0.39 is 17.7 Å². The molecule has 0 amide bonds. The number of nitrogens with zero attached hydrogens (tertiary/aromatic N) is 1. The molecule has 4 nitrogen and oxygen atoms in total. The van der Waals surface area contributed by atoms with Gasteiger partial charge in [-0.3, -0.25) is 4.79 Å². The van der Waals surface area contributed by atoms with E-state index in [9.17, 15) is 9.59 Å². The van der Waals surface area contributed by atoms with Gasteiger partial charge in [0.1, 0.15) is 5.92 Å². The number of carbonyl (C=O) groups is 2. The number of rotatable bonds is 4. The molecule has 0 aliphatic carbocycles. The molecule has 0 radical (unpaired) electrons. The zero-order valence-electron chi connectivity index (χ0n) is 9.77. The molecule has 0 saturated carbocycles. The summed E-state index contributed by atoms with van der Waals surface area (Å²) in [6.45, 7) is 3.63. The zero-order valence-corrected chi connectivity index (χ0v) is 9.77. The largest absolute Gasteiger partial charge is 0.460 e. The number of benzene rings is 1. The number of ketones is 1. The second-order valence-electron chi connectivity index (χ2n) is 3.56. The van der Waals surface area contributed by atoms with Crippen molar-refractivity contribution in [3.05, 3.63) is 35.4 Å². The summed E-state index contributed by atoms with van der Waals surface area (Å²) >= 11 is 0. The predicted molar refractivity (Wildman–Crippen MR) is 61.2 cm³/mol. The number of hydrogen-bond acceptors (Lipinski definition) is 4. The van der Waals surface area contributed by atoms with Crippen molar-refractivity contribution in [3.8, 4) is 6.07 Å². The van der Waals surface area contributed by atoms with Crippen LogP contribution in [-0.4, -0.2) is 18.4 Å². The van der Waals surface area contributed by atoms with Crippen LogP contribution in [0.5, 0.6) is 0 Å². The Hall–Kier alpha value is -2.15. The summed E-state index contributed by atoms with van der Waals surface area (Å²) in [5.41, 5.74) is 1.53. The number of Topliss-reactive ketones (excluding diaryl/α,β-unsaturated/α-hetero) is 1. The fourth-order valence-electron chi connectivity index (χ4n) is 1.36. The molecule has 0 fully saturated rings. The van der Waals surface area contributed by atoms with Crippen molar-refractivity contribution < 1.29 is 14.3 Å². The Labute approximate surface area is 99.8 Å². The maximum absolute atomic E-state index is 11.7. The highest BCUT2D eigenvalue weighted by molar-refractivity contribution is 6.36. The summed E-state index contributed by atoms with van der Waals surface area (Å²) in [6, 6.07) is 8.74. The van der Waals surface area contributed by atoms with Gasteiger partial charge in [-0.1, -0.05) is 29.8 Å². The smallest absolute Gasteiger partial charge is 0.376 e. The van der Waals surface area contributed by atoms with Crippen LogP contribution in [0.2, 0.25) is 0 Å². The lowest BCUT2D eigenvalue weighted by molar-refractivity contribution is -0.153. The van der Waals surface area contributed by atoms with Crippen molar-refractivity contribution in [1.82, 2.24) is 0 Å². The van der Waals surface area contributed by atoms with E-state index in [1.165, 1.54) is 0 Å². The molecule has 17 heavy (non-hydrogen) atoms. The topological polar surface area (TPSA) is 67.2 Å². The first-order valence-corrected chi connectivity index (χ1v) is 5.27. The Balaban J connectivity index is 2.93. The number of hydrogen-bond donors (Lipinski definition) is 0. The van der Waals surface area contributed by atoms with Crippen LogP contribution < -0.4 is 0 Å². The SMILES string of the molecule is CCOC(=O)C(=O)C(C#N)c1ccc(C)cc1. The second-order valence-corrected chi connectivity index (χ2v) is 3.56. The Bertz CT molecular complexity index is 457. The molecule has 1 rings (SSSR count). The van der Waals surface area contributed by atoms with Crippen LogP contribution in [0, 0.1) is 18.3 Å². The van der Waals surface area contributed by atoms with E-state index in [0.29, 0.717) is 5.56 Å². The molecule has 0 N–H and O–H groups in total. The lowest BCUT2D eigenvalue weighted by Crippen LogP contribution is -2.23. The van der Waals surface area contributed by atoms with Gasteiger partial charge >= 0.3 is 5.97 Å². The van der Waals surface area contributed by atoms with E-state index in [1.807, 2.05) is 13.0 Å². The van der Waals surface area contributed by atoms with Crippen LogP contribution >= 0.6 is 0 Å². The van der Waals surface area contributed by atoms with Crippen molar-refractivity contribution in [2.24, 2.45) is 0 Å². The molecule has 1 unspecified atom stereocenters. The van der Waals surface area contributed by atoms with Crippen molar-refractivity contribution >= 4 is 11.8 Å². The van der Waals surface area contributed by atoms with Gasteiger partial charge in [-0.25, -0.2) is 4.79 Å². The molecule has 0 saturated heterocycles. The van der Waals surface area contributed by atoms with Crippen LogP contribution in [0.3, 0.4) is 0 Å². The van der Waals surface area contributed by atoms with Gasteiger partial charge in [0.2, 0.25) is 0 Å². The lowest BCUT2D eigenvalue weighted by atomic mass is 9.95. The number of aryl methyl sites for hydroxylation is 1. The normalized spacial score (nSPS) is 11.4. The third-order valence-corrected chi connectivity index (χ3v) is 2.28. The summed E-state index contributed by atoms with van der Waals surface area (Å²) in [7, 11) is 0. The molecular weight excluding hydrogens is 218 g/mol. The minimum Gasteiger partial charge on any atom is -0.460 e. The highest BCUT2D eigenvalue weighted by atomic mass is 16.5. The first-order valence-electron chi connectivity index (χ1n) is 5.27. The Morgan fingerprint density at radius 1 is 1.35 bits per heavy atom. The third-order valence-electron chi connectivity index (χ3n) is 2.28. The van der Waals surface area contributed by atoms with Gasteiger partial charge in [0.05, 0.1) is 12.7 Å². The van der Waals surface area contributed by atoms with E-state index in [1.54, 1.807) is 31.2 Å². The lowest BCUT2D eigenvalue weighted by Gasteiger charge is -2.07. The molecule has 4 heteroatoms. The average molecular weight is 231 g/mol. The van der Waals surface area contributed by atoms with Crippen LogP contribution in [0.1, 0.15) is 24.0 Å². The highest BCUT2D eigenvalue weighted by Gasteiger charge is 2.27. The molecule has 0 aromatic heterocycles. The summed E-state index contributed by atoms with van der Waals surface area (Å²) in [6.07, 6.45) is 0. The number of esters is 1. The van der Waals surface area contributed by atoms with E-state index in [0.717, 1.165) is 5.56 Å². The molecule has 0 heterocycles. The van der Waals surface area contributed by atoms with Crippen molar-refractivity contribution in [3.63, 3.8) is 0 Å². The molecular formula is C13H13NO3. The van der Waals surface area contributed by atoms with Crippen molar-refractivity contribution in [1.29, 1.82) is 5.26 Å². The Kier molecular flexibility index (Phi) is 4.41. The fraction of sp³-hybridized carbons (Fsp3) is 0.308. The first-order chi connectivity index (χ1) is 8.10. The predicted octanol–water partition coefficient (Wildman–Crippen LogP) is 1.73. The number of carbonyl (C=O) groups excluding carboxylic acids is 2. The monoisotopic (exact) mass is 231 g/mol. The third kappa shape index (κ3) is 3.15. The van der Waals surface area contributed by atoms with E-state index in [-0.39, 0.29) is 6.61 Å². The van der Waals surface area contributed by atoms with Crippen molar-refractivity contribution in [2.45, 2.75) is 19.8 Å². The van der Waals surface area contributed by atoms with Crippen molar-refractivity contribution in [2.75, 3.05) is 6.61 Å². The van der Waals surface area contributed by atoms with Gasteiger partial charge in [0.25, 0.3) is 5.78 Å².